The van der Waals surface area contributed by atoms with Gasteiger partial charge in [-0.1, -0.05) is 12.1 Å². The number of benzene rings is 1. The molecule has 5 nitrogen and oxygen atoms in total. The average molecular weight is 276 g/mol. The van der Waals surface area contributed by atoms with Crippen molar-refractivity contribution in [3.8, 4) is 5.75 Å². The third-order valence-electron chi connectivity index (χ3n) is 3.43. The van der Waals surface area contributed by atoms with Crippen LogP contribution in [0.1, 0.15) is 12.5 Å². The molecule has 0 spiro atoms. The van der Waals surface area contributed by atoms with Gasteiger partial charge in [-0.05, 0) is 24.6 Å². The molecule has 0 N–H and O–H groups in total. The Balaban J connectivity index is 1.80. The summed E-state index contributed by atoms with van der Waals surface area (Å²) in [6.07, 6.45) is 0. The fourth-order valence-electron chi connectivity index (χ4n) is 2.21. The number of ether oxygens (including phenoxy) is 1. The number of amides is 2. The standard InChI is InChI=1S/C15H20N2O3/c1-12-4-3-5-14(10-12)20-11-15(19)17-8-6-16(7-9-17)13(2)18/h3-5,10H,6-9,11H2,1-2H3. The molecule has 5 heteroatoms. The molecular formula is C15H20N2O3. The second-order valence-electron chi connectivity index (χ2n) is 4.99. The van der Waals surface area contributed by atoms with Gasteiger partial charge >= 0.3 is 0 Å². The van der Waals surface area contributed by atoms with Crippen molar-refractivity contribution >= 4 is 11.8 Å². The Morgan fingerprint density at radius 1 is 1.15 bits per heavy atom. The number of hydrogen-bond acceptors (Lipinski definition) is 3. The summed E-state index contributed by atoms with van der Waals surface area (Å²) in [4.78, 5) is 26.7. The molecule has 0 bridgehead atoms. The second-order valence-corrected chi connectivity index (χ2v) is 4.99. The number of aryl methyl sites for hydroxylation is 1. The van der Waals surface area contributed by atoms with Gasteiger partial charge in [0.05, 0.1) is 0 Å². The van der Waals surface area contributed by atoms with Crippen LogP contribution in [0.2, 0.25) is 0 Å². The molecule has 0 aliphatic carbocycles. The van der Waals surface area contributed by atoms with Crippen LogP contribution in [0.3, 0.4) is 0 Å². The summed E-state index contributed by atoms with van der Waals surface area (Å²) in [5, 5.41) is 0. The lowest BCUT2D eigenvalue weighted by molar-refractivity contribution is -0.139. The van der Waals surface area contributed by atoms with E-state index in [2.05, 4.69) is 0 Å². The Hall–Kier alpha value is -2.04. The highest BCUT2D eigenvalue weighted by molar-refractivity contribution is 5.78. The molecule has 0 radical (unpaired) electrons. The summed E-state index contributed by atoms with van der Waals surface area (Å²) in [5.74, 6) is 0.739. The molecule has 2 amide bonds. The highest BCUT2D eigenvalue weighted by atomic mass is 16.5. The lowest BCUT2D eigenvalue weighted by Crippen LogP contribution is -2.51. The van der Waals surface area contributed by atoms with Gasteiger partial charge in [-0.2, -0.15) is 0 Å². The molecule has 0 saturated carbocycles. The molecule has 1 aromatic carbocycles. The van der Waals surface area contributed by atoms with Gasteiger partial charge in [0.25, 0.3) is 5.91 Å². The molecular weight excluding hydrogens is 256 g/mol. The third-order valence-corrected chi connectivity index (χ3v) is 3.43. The van der Waals surface area contributed by atoms with Gasteiger partial charge in [0.15, 0.2) is 6.61 Å². The Morgan fingerprint density at radius 2 is 1.80 bits per heavy atom. The molecule has 1 fully saturated rings. The van der Waals surface area contributed by atoms with E-state index in [9.17, 15) is 9.59 Å². The molecule has 0 aromatic heterocycles. The Morgan fingerprint density at radius 3 is 2.40 bits per heavy atom. The number of carbonyl (C=O) groups excluding carboxylic acids is 2. The summed E-state index contributed by atoms with van der Waals surface area (Å²) in [7, 11) is 0. The van der Waals surface area contributed by atoms with Crippen LogP contribution in [-0.2, 0) is 9.59 Å². The monoisotopic (exact) mass is 276 g/mol. The van der Waals surface area contributed by atoms with Crippen LogP contribution in [0, 0.1) is 6.92 Å². The van der Waals surface area contributed by atoms with Gasteiger partial charge < -0.3 is 14.5 Å². The second kappa shape index (κ2) is 6.41. The van der Waals surface area contributed by atoms with Gasteiger partial charge in [-0.3, -0.25) is 9.59 Å². The Kier molecular flexibility index (Phi) is 4.61. The fraction of sp³-hybridized carbons (Fsp3) is 0.467. The fourth-order valence-corrected chi connectivity index (χ4v) is 2.21. The van der Waals surface area contributed by atoms with E-state index in [0.29, 0.717) is 31.9 Å². The maximum atomic E-state index is 12.0. The zero-order chi connectivity index (χ0) is 14.5. The molecule has 0 atom stereocenters. The number of hydrogen-bond donors (Lipinski definition) is 0. The molecule has 1 saturated heterocycles. The third kappa shape index (κ3) is 3.73. The normalized spacial score (nSPS) is 15.1. The van der Waals surface area contributed by atoms with Crippen molar-refractivity contribution in [1.29, 1.82) is 0 Å². The molecule has 1 aromatic rings. The van der Waals surface area contributed by atoms with Crippen LogP contribution < -0.4 is 4.74 Å². The molecule has 108 valence electrons. The van der Waals surface area contributed by atoms with Crippen LogP contribution in [-0.4, -0.2) is 54.4 Å². The van der Waals surface area contributed by atoms with Crippen molar-refractivity contribution in [3.63, 3.8) is 0 Å². The molecule has 1 aliphatic heterocycles. The van der Waals surface area contributed by atoms with Crippen LogP contribution in [0.15, 0.2) is 24.3 Å². The molecule has 20 heavy (non-hydrogen) atoms. The predicted molar refractivity (Wildman–Crippen MR) is 75.5 cm³/mol. The first kappa shape index (κ1) is 14.4. The maximum absolute atomic E-state index is 12.0. The molecule has 2 rings (SSSR count). The summed E-state index contributed by atoms with van der Waals surface area (Å²) in [5.41, 5.74) is 1.10. The van der Waals surface area contributed by atoms with E-state index in [-0.39, 0.29) is 18.4 Å². The summed E-state index contributed by atoms with van der Waals surface area (Å²) >= 11 is 0. The number of carbonyl (C=O) groups is 2. The number of piperazine rings is 1. The van der Waals surface area contributed by atoms with Crippen molar-refractivity contribution in [2.75, 3.05) is 32.8 Å². The minimum atomic E-state index is -0.0327. The predicted octanol–water partition coefficient (Wildman–Crippen LogP) is 1.06. The average Bonchev–Trinajstić information content (AvgIpc) is 2.45. The highest BCUT2D eigenvalue weighted by Crippen LogP contribution is 2.12. The van der Waals surface area contributed by atoms with E-state index in [1.54, 1.807) is 16.7 Å². The SMILES string of the molecule is CC(=O)N1CCN(C(=O)COc2cccc(C)c2)CC1. The van der Waals surface area contributed by atoms with Gasteiger partial charge in [-0.25, -0.2) is 0 Å². The summed E-state index contributed by atoms with van der Waals surface area (Å²) < 4.78 is 5.50. The van der Waals surface area contributed by atoms with Crippen LogP contribution in [0.4, 0.5) is 0 Å². The zero-order valence-electron chi connectivity index (χ0n) is 12.0. The number of nitrogens with zero attached hydrogens (tertiary/aromatic N) is 2. The van der Waals surface area contributed by atoms with Gasteiger partial charge in [0.2, 0.25) is 5.91 Å². The first-order valence-electron chi connectivity index (χ1n) is 6.79. The van der Waals surface area contributed by atoms with Crippen molar-refractivity contribution in [2.45, 2.75) is 13.8 Å². The van der Waals surface area contributed by atoms with Gasteiger partial charge in [0.1, 0.15) is 5.75 Å². The van der Waals surface area contributed by atoms with E-state index in [0.717, 1.165) is 5.56 Å². The van der Waals surface area contributed by atoms with Crippen molar-refractivity contribution in [3.05, 3.63) is 29.8 Å². The van der Waals surface area contributed by atoms with Crippen molar-refractivity contribution < 1.29 is 14.3 Å². The summed E-state index contributed by atoms with van der Waals surface area (Å²) in [6, 6.07) is 7.63. The van der Waals surface area contributed by atoms with E-state index >= 15 is 0 Å². The van der Waals surface area contributed by atoms with Crippen molar-refractivity contribution in [1.82, 2.24) is 9.80 Å². The molecule has 1 heterocycles. The van der Waals surface area contributed by atoms with E-state index in [4.69, 9.17) is 4.74 Å². The highest BCUT2D eigenvalue weighted by Gasteiger charge is 2.22. The zero-order valence-corrected chi connectivity index (χ0v) is 12.0. The molecule has 0 unspecified atom stereocenters. The van der Waals surface area contributed by atoms with Gasteiger partial charge in [-0.15, -0.1) is 0 Å². The van der Waals surface area contributed by atoms with Crippen LogP contribution in [0.25, 0.3) is 0 Å². The smallest absolute Gasteiger partial charge is 0.260 e. The first-order chi connectivity index (χ1) is 9.56. The lowest BCUT2D eigenvalue weighted by atomic mass is 10.2. The van der Waals surface area contributed by atoms with E-state index in [1.165, 1.54) is 0 Å². The van der Waals surface area contributed by atoms with E-state index < -0.39 is 0 Å². The summed E-state index contributed by atoms with van der Waals surface area (Å²) in [6.45, 7) is 5.94. The topological polar surface area (TPSA) is 49.9 Å². The van der Waals surface area contributed by atoms with Crippen LogP contribution in [0.5, 0.6) is 5.75 Å². The minimum Gasteiger partial charge on any atom is -0.484 e. The maximum Gasteiger partial charge on any atom is 0.260 e. The quantitative estimate of drug-likeness (QED) is 0.829. The first-order valence-corrected chi connectivity index (χ1v) is 6.79. The van der Waals surface area contributed by atoms with E-state index in [1.807, 2.05) is 31.2 Å². The molecule has 1 aliphatic rings. The Bertz CT molecular complexity index is 494. The number of rotatable bonds is 3. The largest absolute Gasteiger partial charge is 0.484 e. The lowest BCUT2D eigenvalue weighted by Gasteiger charge is -2.34. The van der Waals surface area contributed by atoms with Gasteiger partial charge in [0, 0.05) is 33.1 Å². The minimum absolute atomic E-state index is 0.0327. The van der Waals surface area contributed by atoms with Crippen molar-refractivity contribution in [2.24, 2.45) is 0 Å². The van der Waals surface area contributed by atoms with Crippen LogP contribution >= 0.6 is 0 Å². The Labute approximate surface area is 119 Å².